The molecule has 0 fully saturated rings. The standard InChI is InChI=1S/C12H17Cl2N/c1-8(2)7-15-9(3)11-6-10(13)4-5-12(11)14/h4-6,8-9,15H,7H2,1-3H3. The van der Waals surface area contributed by atoms with Crippen molar-refractivity contribution in [1.82, 2.24) is 5.32 Å². The molecule has 0 amide bonds. The summed E-state index contributed by atoms with van der Waals surface area (Å²) in [6.07, 6.45) is 0. The molecule has 1 unspecified atom stereocenters. The summed E-state index contributed by atoms with van der Waals surface area (Å²) in [6, 6.07) is 5.80. The highest BCUT2D eigenvalue weighted by Gasteiger charge is 2.09. The fourth-order valence-electron chi connectivity index (χ4n) is 1.37. The second-order valence-corrected chi connectivity index (χ2v) is 5.03. The summed E-state index contributed by atoms with van der Waals surface area (Å²) < 4.78 is 0. The van der Waals surface area contributed by atoms with Gasteiger partial charge in [-0.2, -0.15) is 0 Å². The van der Waals surface area contributed by atoms with Crippen molar-refractivity contribution in [2.45, 2.75) is 26.8 Å². The van der Waals surface area contributed by atoms with Crippen LogP contribution in [-0.4, -0.2) is 6.54 Å². The van der Waals surface area contributed by atoms with Gasteiger partial charge in [-0.15, -0.1) is 0 Å². The van der Waals surface area contributed by atoms with Gasteiger partial charge in [0.1, 0.15) is 0 Å². The zero-order valence-electron chi connectivity index (χ0n) is 9.35. The fourth-order valence-corrected chi connectivity index (χ4v) is 1.83. The van der Waals surface area contributed by atoms with E-state index in [4.69, 9.17) is 23.2 Å². The molecule has 1 aromatic rings. The molecule has 1 N–H and O–H groups in total. The predicted molar refractivity (Wildman–Crippen MR) is 67.7 cm³/mol. The van der Waals surface area contributed by atoms with Crippen molar-refractivity contribution < 1.29 is 0 Å². The van der Waals surface area contributed by atoms with Crippen molar-refractivity contribution >= 4 is 23.2 Å². The average molecular weight is 246 g/mol. The molecule has 15 heavy (non-hydrogen) atoms. The third-order valence-electron chi connectivity index (χ3n) is 2.26. The molecule has 84 valence electrons. The first-order valence-corrected chi connectivity index (χ1v) is 5.94. The third-order valence-corrected chi connectivity index (χ3v) is 2.84. The van der Waals surface area contributed by atoms with Crippen LogP contribution in [0.4, 0.5) is 0 Å². The molecule has 0 heterocycles. The van der Waals surface area contributed by atoms with Gasteiger partial charge in [-0.1, -0.05) is 37.0 Å². The molecule has 0 radical (unpaired) electrons. The van der Waals surface area contributed by atoms with E-state index in [0.29, 0.717) is 5.92 Å². The van der Waals surface area contributed by atoms with Crippen LogP contribution < -0.4 is 5.32 Å². The summed E-state index contributed by atoms with van der Waals surface area (Å²) in [7, 11) is 0. The number of rotatable bonds is 4. The van der Waals surface area contributed by atoms with Crippen LogP contribution in [0, 0.1) is 5.92 Å². The highest BCUT2D eigenvalue weighted by molar-refractivity contribution is 6.33. The maximum absolute atomic E-state index is 6.11. The Balaban J connectivity index is 2.72. The highest BCUT2D eigenvalue weighted by Crippen LogP contribution is 2.26. The van der Waals surface area contributed by atoms with Crippen LogP contribution in [0.2, 0.25) is 10.0 Å². The van der Waals surface area contributed by atoms with Crippen molar-refractivity contribution in [3.8, 4) is 0 Å². The number of nitrogens with one attached hydrogen (secondary N) is 1. The van der Waals surface area contributed by atoms with Crippen molar-refractivity contribution in [3.05, 3.63) is 33.8 Å². The molecule has 0 spiro atoms. The quantitative estimate of drug-likeness (QED) is 0.835. The number of hydrogen-bond acceptors (Lipinski definition) is 1. The molecular weight excluding hydrogens is 229 g/mol. The molecule has 0 aliphatic rings. The summed E-state index contributed by atoms with van der Waals surface area (Å²) in [6.45, 7) is 7.43. The van der Waals surface area contributed by atoms with Crippen molar-refractivity contribution in [3.63, 3.8) is 0 Å². The Morgan fingerprint density at radius 3 is 2.47 bits per heavy atom. The summed E-state index contributed by atoms with van der Waals surface area (Å²) >= 11 is 12.0. The largest absolute Gasteiger partial charge is 0.310 e. The highest BCUT2D eigenvalue weighted by atomic mass is 35.5. The second-order valence-electron chi connectivity index (χ2n) is 4.19. The minimum atomic E-state index is 0.235. The monoisotopic (exact) mass is 245 g/mol. The summed E-state index contributed by atoms with van der Waals surface area (Å²) in [4.78, 5) is 0. The van der Waals surface area contributed by atoms with E-state index in [9.17, 15) is 0 Å². The lowest BCUT2D eigenvalue weighted by molar-refractivity contribution is 0.496. The second kappa shape index (κ2) is 5.74. The Kier molecular flexibility index (Phi) is 4.91. The van der Waals surface area contributed by atoms with Crippen LogP contribution >= 0.6 is 23.2 Å². The topological polar surface area (TPSA) is 12.0 Å². The van der Waals surface area contributed by atoms with E-state index in [1.807, 2.05) is 18.2 Å². The average Bonchev–Trinajstić information content (AvgIpc) is 2.18. The smallest absolute Gasteiger partial charge is 0.0454 e. The summed E-state index contributed by atoms with van der Waals surface area (Å²) in [5, 5.41) is 4.92. The van der Waals surface area contributed by atoms with E-state index in [1.165, 1.54) is 0 Å². The van der Waals surface area contributed by atoms with Gasteiger partial charge in [0.05, 0.1) is 0 Å². The molecule has 0 aromatic heterocycles. The van der Waals surface area contributed by atoms with Crippen LogP contribution in [0.1, 0.15) is 32.4 Å². The van der Waals surface area contributed by atoms with Crippen molar-refractivity contribution in [2.75, 3.05) is 6.54 Å². The number of halogens is 2. The third kappa shape index (κ3) is 4.02. The SMILES string of the molecule is CC(C)CNC(C)c1cc(Cl)ccc1Cl. The predicted octanol–water partition coefficient (Wildman–Crippen LogP) is 4.30. The molecule has 1 atom stereocenters. The Morgan fingerprint density at radius 2 is 1.87 bits per heavy atom. The number of benzene rings is 1. The van der Waals surface area contributed by atoms with Crippen LogP contribution in [0.3, 0.4) is 0 Å². The van der Waals surface area contributed by atoms with Crippen LogP contribution in [0.25, 0.3) is 0 Å². The van der Waals surface area contributed by atoms with Crippen molar-refractivity contribution in [2.24, 2.45) is 5.92 Å². The maximum atomic E-state index is 6.11. The molecular formula is C12H17Cl2N. The van der Waals surface area contributed by atoms with Gasteiger partial charge in [-0.25, -0.2) is 0 Å². The van der Waals surface area contributed by atoms with Crippen LogP contribution in [-0.2, 0) is 0 Å². The Bertz CT molecular complexity index is 323. The molecule has 0 saturated carbocycles. The van der Waals surface area contributed by atoms with Crippen LogP contribution in [0.5, 0.6) is 0 Å². The van der Waals surface area contributed by atoms with Gasteiger partial charge in [0.25, 0.3) is 0 Å². The Labute approximate surface area is 102 Å². The molecule has 1 aromatic carbocycles. The fraction of sp³-hybridized carbons (Fsp3) is 0.500. The Hall–Kier alpha value is -0.240. The van der Waals surface area contributed by atoms with Gasteiger partial charge in [-0.05, 0) is 43.1 Å². The van der Waals surface area contributed by atoms with E-state index in [-0.39, 0.29) is 6.04 Å². The zero-order valence-corrected chi connectivity index (χ0v) is 10.9. The van der Waals surface area contributed by atoms with E-state index < -0.39 is 0 Å². The molecule has 3 heteroatoms. The number of hydrogen-bond donors (Lipinski definition) is 1. The first-order valence-electron chi connectivity index (χ1n) is 5.19. The first kappa shape index (κ1) is 12.8. The minimum Gasteiger partial charge on any atom is -0.310 e. The lowest BCUT2D eigenvalue weighted by Gasteiger charge is -2.17. The Morgan fingerprint density at radius 1 is 1.20 bits per heavy atom. The molecule has 0 aliphatic heterocycles. The maximum Gasteiger partial charge on any atom is 0.0454 e. The van der Waals surface area contributed by atoms with Gasteiger partial charge < -0.3 is 5.32 Å². The van der Waals surface area contributed by atoms with E-state index >= 15 is 0 Å². The van der Waals surface area contributed by atoms with Crippen LogP contribution in [0.15, 0.2) is 18.2 Å². The summed E-state index contributed by atoms with van der Waals surface area (Å²) in [5.74, 6) is 0.630. The van der Waals surface area contributed by atoms with E-state index in [1.54, 1.807) is 0 Å². The van der Waals surface area contributed by atoms with Gasteiger partial charge in [0, 0.05) is 16.1 Å². The summed E-state index contributed by atoms with van der Waals surface area (Å²) in [5.41, 5.74) is 1.06. The molecule has 0 saturated heterocycles. The normalized spacial score (nSPS) is 13.2. The lowest BCUT2D eigenvalue weighted by Crippen LogP contribution is -2.23. The zero-order chi connectivity index (χ0) is 11.4. The molecule has 1 rings (SSSR count). The minimum absolute atomic E-state index is 0.235. The van der Waals surface area contributed by atoms with Gasteiger partial charge in [0.2, 0.25) is 0 Å². The molecule has 1 nitrogen and oxygen atoms in total. The van der Waals surface area contributed by atoms with Gasteiger partial charge in [0.15, 0.2) is 0 Å². The van der Waals surface area contributed by atoms with E-state index in [2.05, 4.69) is 26.1 Å². The lowest BCUT2D eigenvalue weighted by atomic mass is 10.1. The first-order chi connectivity index (χ1) is 7.00. The molecule has 0 bridgehead atoms. The van der Waals surface area contributed by atoms with Gasteiger partial charge >= 0.3 is 0 Å². The molecule has 0 aliphatic carbocycles. The van der Waals surface area contributed by atoms with Crippen molar-refractivity contribution in [1.29, 1.82) is 0 Å². The van der Waals surface area contributed by atoms with E-state index in [0.717, 1.165) is 22.2 Å². The van der Waals surface area contributed by atoms with Gasteiger partial charge in [-0.3, -0.25) is 0 Å².